The number of benzene rings is 1. The second kappa shape index (κ2) is 3.06. The summed E-state index contributed by atoms with van der Waals surface area (Å²) < 4.78 is 6.27. The molecule has 0 bridgehead atoms. The van der Waals surface area contributed by atoms with Crippen LogP contribution in [0.3, 0.4) is 0 Å². The van der Waals surface area contributed by atoms with Crippen molar-refractivity contribution in [2.24, 2.45) is 7.05 Å². The van der Waals surface area contributed by atoms with Crippen molar-refractivity contribution in [1.82, 2.24) is 4.74 Å². The molecule has 2 aromatic rings. The molecule has 0 radical (unpaired) electrons. The van der Waals surface area contributed by atoms with E-state index in [0.29, 0.717) is 5.69 Å². The van der Waals surface area contributed by atoms with E-state index in [0.717, 1.165) is 11.3 Å². The van der Waals surface area contributed by atoms with Crippen molar-refractivity contribution in [1.29, 1.82) is 0 Å². The monoisotopic (exact) mass is 190 g/mol. The van der Waals surface area contributed by atoms with Gasteiger partial charge in [0, 0.05) is 18.3 Å². The van der Waals surface area contributed by atoms with Gasteiger partial charge in [0.25, 0.3) is 0 Å². The quantitative estimate of drug-likeness (QED) is 0.688. The summed E-state index contributed by atoms with van der Waals surface area (Å²) in [7, 11) is 1.69. The first kappa shape index (κ1) is 8.62. The number of hydrogen-bond acceptors (Lipinski definition) is 3. The molecule has 4 heteroatoms. The van der Waals surface area contributed by atoms with E-state index in [4.69, 9.17) is 10.3 Å². The molecule has 2 rings (SSSR count). The first-order chi connectivity index (χ1) is 6.66. The molecule has 0 fully saturated rings. The molecule has 0 aliphatic heterocycles. The molecule has 0 spiro atoms. The zero-order valence-corrected chi connectivity index (χ0v) is 7.73. The van der Waals surface area contributed by atoms with Gasteiger partial charge in [-0.25, -0.2) is 9.53 Å². The number of anilines is 1. The molecule has 0 amide bonds. The van der Waals surface area contributed by atoms with Gasteiger partial charge in [0.2, 0.25) is 0 Å². The van der Waals surface area contributed by atoms with E-state index in [9.17, 15) is 4.79 Å². The van der Waals surface area contributed by atoms with Gasteiger partial charge in [-0.15, -0.1) is 0 Å². The van der Waals surface area contributed by atoms with E-state index < -0.39 is 0 Å². The van der Waals surface area contributed by atoms with E-state index in [1.807, 2.05) is 12.1 Å². The Bertz CT molecular complexity index is 494. The van der Waals surface area contributed by atoms with E-state index >= 15 is 0 Å². The number of aryl methyl sites for hydroxylation is 1. The van der Waals surface area contributed by atoms with Crippen LogP contribution in [0.5, 0.6) is 0 Å². The Morgan fingerprint density at radius 2 is 1.93 bits per heavy atom. The summed E-state index contributed by atoms with van der Waals surface area (Å²) in [6.45, 7) is 0. The Morgan fingerprint density at radius 1 is 1.29 bits per heavy atom. The van der Waals surface area contributed by atoms with Crippen molar-refractivity contribution in [2.75, 3.05) is 5.73 Å². The minimum absolute atomic E-state index is 0.348. The normalized spacial score (nSPS) is 10.4. The Hall–Kier alpha value is -1.97. The van der Waals surface area contributed by atoms with Crippen LogP contribution in [-0.2, 0) is 7.05 Å². The largest absolute Gasteiger partial charge is 0.399 e. The van der Waals surface area contributed by atoms with E-state index in [2.05, 4.69) is 0 Å². The summed E-state index contributed by atoms with van der Waals surface area (Å²) in [4.78, 5) is 10.9. The van der Waals surface area contributed by atoms with Crippen LogP contribution in [0.2, 0.25) is 0 Å². The van der Waals surface area contributed by atoms with Crippen molar-refractivity contribution >= 4 is 5.69 Å². The highest BCUT2D eigenvalue weighted by molar-refractivity contribution is 5.61. The number of rotatable bonds is 1. The molecular weight excluding hydrogens is 180 g/mol. The van der Waals surface area contributed by atoms with Crippen LogP contribution in [0.25, 0.3) is 11.3 Å². The first-order valence-electron chi connectivity index (χ1n) is 4.20. The Morgan fingerprint density at radius 3 is 2.43 bits per heavy atom. The van der Waals surface area contributed by atoms with Gasteiger partial charge in [0.05, 0.1) is 11.8 Å². The highest BCUT2D eigenvalue weighted by Crippen LogP contribution is 2.18. The van der Waals surface area contributed by atoms with Gasteiger partial charge >= 0.3 is 5.63 Å². The lowest BCUT2D eigenvalue weighted by atomic mass is 10.1. The molecular formula is C10H10N2O2. The van der Waals surface area contributed by atoms with Crippen LogP contribution in [0, 0.1) is 0 Å². The SMILES string of the molecule is Cn1oc(=O)cc1-c1ccc(N)cc1. The minimum Gasteiger partial charge on any atom is -0.399 e. The lowest BCUT2D eigenvalue weighted by Crippen LogP contribution is -1.91. The fraction of sp³-hybridized carbons (Fsp3) is 0.100. The number of nitrogens with two attached hydrogens (primary N) is 1. The van der Waals surface area contributed by atoms with Crippen LogP contribution >= 0.6 is 0 Å². The third-order valence-corrected chi connectivity index (χ3v) is 2.03. The van der Waals surface area contributed by atoms with E-state index in [-0.39, 0.29) is 5.63 Å². The van der Waals surface area contributed by atoms with Crippen molar-refractivity contribution < 1.29 is 4.52 Å². The van der Waals surface area contributed by atoms with Gasteiger partial charge in [-0.3, -0.25) is 0 Å². The molecule has 14 heavy (non-hydrogen) atoms. The molecule has 4 nitrogen and oxygen atoms in total. The number of nitrogens with zero attached hydrogens (tertiary/aromatic N) is 1. The summed E-state index contributed by atoms with van der Waals surface area (Å²) in [6.07, 6.45) is 0. The van der Waals surface area contributed by atoms with Gasteiger partial charge in [0.1, 0.15) is 0 Å². The molecule has 1 heterocycles. The average molecular weight is 190 g/mol. The number of nitrogen functional groups attached to an aromatic ring is 1. The molecule has 2 N–H and O–H groups in total. The first-order valence-corrected chi connectivity index (χ1v) is 4.20. The van der Waals surface area contributed by atoms with Crippen LogP contribution in [0.1, 0.15) is 0 Å². The zero-order chi connectivity index (χ0) is 10.1. The molecule has 0 aliphatic carbocycles. The summed E-state index contributed by atoms with van der Waals surface area (Å²) in [5, 5.41) is 0. The predicted molar refractivity (Wildman–Crippen MR) is 53.8 cm³/mol. The van der Waals surface area contributed by atoms with Gasteiger partial charge in [-0.05, 0) is 12.1 Å². The van der Waals surface area contributed by atoms with Gasteiger partial charge < -0.3 is 10.3 Å². The highest BCUT2D eigenvalue weighted by Gasteiger charge is 2.05. The third-order valence-electron chi connectivity index (χ3n) is 2.03. The van der Waals surface area contributed by atoms with E-state index in [1.165, 1.54) is 10.8 Å². The highest BCUT2D eigenvalue weighted by atomic mass is 16.5. The van der Waals surface area contributed by atoms with Crippen LogP contribution in [0.15, 0.2) is 39.6 Å². The summed E-state index contributed by atoms with van der Waals surface area (Å²) in [5.74, 6) is 0. The topological polar surface area (TPSA) is 61.2 Å². The van der Waals surface area contributed by atoms with Gasteiger partial charge in [0.15, 0.2) is 0 Å². The van der Waals surface area contributed by atoms with Crippen LogP contribution in [-0.4, -0.2) is 4.74 Å². The fourth-order valence-corrected chi connectivity index (χ4v) is 1.33. The lowest BCUT2D eigenvalue weighted by Gasteiger charge is -2.00. The van der Waals surface area contributed by atoms with Crippen molar-refractivity contribution in [2.45, 2.75) is 0 Å². The van der Waals surface area contributed by atoms with Gasteiger partial charge in [-0.1, -0.05) is 12.1 Å². The lowest BCUT2D eigenvalue weighted by molar-refractivity contribution is 0.289. The molecule has 72 valence electrons. The van der Waals surface area contributed by atoms with E-state index in [1.54, 1.807) is 19.2 Å². The maximum absolute atomic E-state index is 10.9. The smallest absolute Gasteiger partial charge is 0.358 e. The summed E-state index contributed by atoms with van der Waals surface area (Å²) in [5.41, 5.74) is 7.56. The molecule has 0 saturated carbocycles. The molecule has 1 aromatic heterocycles. The minimum atomic E-state index is -0.348. The van der Waals surface area contributed by atoms with Crippen molar-refractivity contribution in [3.05, 3.63) is 40.8 Å². The standard InChI is InChI=1S/C10H10N2O2/c1-12-9(6-10(13)14-12)7-2-4-8(11)5-3-7/h2-6H,11H2,1H3. The maximum atomic E-state index is 10.9. The zero-order valence-electron chi connectivity index (χ0n) is 7.73. The Labute approximate surface area is 80.5 Å². The maximum Gasteiger partial charge on any atom is 0.358 e. The summed E-state index contributed by atoms with van der Waals surface area (Å²) >= 11 is 0. The second-order valence-electron chi connectivity index (χ2n) is 3.06. The molecule has 1 aromatic carbocycles. The summed E-state index contributed by atoms with van der Waals surface area (Å²) in [6, 6.07) is 8.71. The van der Waals surface area contributed by atoms with Crippen molar-refractivity contribution in [3.63, 3.8) is 0 Å². The average Bonchev–Trinajstić information content (AvgIpc) is 2.47. The second-order valence-corrected chi connectivity index (χ2v) is 3.06. The molecule has 0 saturated heterocycles. The molecule has 0 aliphatic rings. The predicted octanol–water partition coefficient (Wildman–Crippen LogP) is 1.23. The molecule has 0 atom stereocenters. The number of hydrogen-bond donors (Lipinski definition) is 1. The van der Waals surface area contributed by atoms with Gasteiger partial charge in [-0.2, -0.15) is 0 Å². The Balaban J connectivity index is 2.54. The fourth-order valence-electron chi connectivity index (χ4n) is 1.33. The van der Waals surface area contributed by atoms with Crippen molar-refractivity contribution in [3.8, 4) is 11.3 Å². The Kier molecular flexibility index (Phi) is 1.89. The van der Waals surface area contributed by atoms with Crippen LogP contribution in [0.4, 0.5) is 5.69 Å². The van der Waals surface area contributed by atoms with Crippen LogP contribution < -0.4 is 11.4 Å². The third kappa shape index (κ3) is 1.42. The molecule has 0 unspecified atom stereocenters. The number of aromatic nitrogens is 1.